The summed E-state index contributed by atoms with van der Waals surface area (Å²) in [5.74, 6) is 0. The molecular formula is C10H7Br2N. The van der Waals surface area contributed by atoms with Crippen LogP contribution in [0.25, 0.3) is 10.9 Å². The Morgan fingerprint density at radius 2 is 2.15 bits per heavy atom. The number of rotatable bonds is 1. The monoisotopic (exact) mass is 299 g/mol. The zero-order chi connectivity index (χ0) is 9.26. The van der Waals surface area contributed by atoms with Crippen molar-refractivity contribution in [1.29, 1.82) is 0 Å². The lowest BCUT2D eigenvalue weighted by Gasteiger charge is -2.01. The summed E-state index contributed by atoms with van der Waals surface area (Å²) in [4.78, 5) is 4.35. The number of hydrogen-bond acceptors (Lipinski definition) is 1. The molecule has 1 heterocycles. The van der Waals surface area contributed by atoms with Gasteiger partial charge in [-0.3, -0.25) is 4.98 Å². The van der Waals surface area contributed by atoms with E-state index in [4.69, 9.17) is 0 Å². The van der Waals surface area contributed by atoms with Gasteiger partial charge < -0.3 is 0 Å². The average molecular weight is 301 g/mol. The van der Waals surface area contributed by atoms with Crippen LogP contribution >= 0.6 is 31.9 Å². The first-order chi connectivity index (χ1) is 6.31. The molecule has 0 unspecified atom stereocenters. The van der Waals surface area contributed by atoms with Crippen LogP contribution in [-0.2, 0) is 5.33 Å². The van der Waals surface area contributed by atoms with Gasteiger partial charge in [0, 0.05) is 21.4 Å². The molecule has 0 bridgehead atoms. The van der Waals surface area contributed by atoms with E-state index in [2.05, 4.69) is 42.9 Å². The highest BCUT2D eigenvalue weighted by molar-refractivity contribution is 9.10. The molecule has 0 spiro atoms. The van der Waals surface area contributed by atoms with Gasteiger partial charge in [0.25, 0.3) is 0 Å². The molecular weight excluding hydrogens is 294 g/mol. The number of alkyl halides is 1. The van der Waals surface area contributed by atoms with E-state index in [1.54, 1.807) is 0 Å². The maximum atomic E-state index is 4.35. The minimum atomic E-state index is 0.845. The van der Waals surface area contributed by atoms with Crippen LogP contribution in [0.15, 0.2) is 34.9 Å². The third kappa shape index (κ3) is 1.76. The minimum absolute atomic E-state index is 0.845. The van der Waals surface area contributed by atoms with Crippen LogP contribution in [0.2, 0.25) is 0 Å². The number of hydrogen-bond donors (Lipinski definition) is 0. The lowest BCUT2D eigenvalue weighted by Crippen LogP contribution is -1.83. The number of benzene rings is 1. The second kappa shape index (κ2) is 3.76. The molecule has 0 amide bonds. The van der Waals surface area contributed by atoms with Gasteiger partial charge in [0.1, 0.15) is 0 Å². The predicted octanol–water partition coefficient (Wildman–Crippen LogP) is 3.89. The maximum Gasteiger partial charge on any atom is 0.0713 e. The molecule has 2 rings (SSSR count). The van der Waals surface area contributed by atoms with Gasteiger partial charge >= 0.3 is 0 Å². The van der Waals surface area contributed by atoms with Gasteiger partial charge in [-0.25, -0.2) is 0 Å². The third-order valence-corrected chi connectivity index (χ3v) is 3.22. The van der Waals surface area contributed by atoms with Crippen molar-refractivity contribution in [3.05, 3.63) is 40.5 Å². The molecule has 0 fully saturated rings. The Morgan fingerprint density at radius 1 is 1.31 bits per heavy atom. The minimum Gasteiger partial charge on any atom is -0.256 e. The van der Waals surface area contributed by atoms with Crippen molar-refractivity contribution in [2.24, 2.45) is 0 Å². The lowest BCUT2D eigenvalue weighted by atomic mass is 10.2. The summed E-state index contributed by atoms with van der Waals surface area (Å²) in [7, 11) is 0. The van der Waals surface area contributed by atoms with E-state index in [0.717, 1.165) is 15.3 Å². The zero-order valence-corrected chi connectivity index (χ0v) is 9.97. The molecule has 66 valence electrons. The van der Waals surface area contributed by atoms with Crippen molar-refractivity contribution >= 4 is 42.8 Å². The largest absolute Gasteiger partial charge is 0.256 e. The first-order valence-corrected chi connectivity index (χ1v) is 5.82. The Labute approximate surface area is 93.4 Å². The van der Waals surface area contributed by atoms with Gasteiger partial charge in [0.15, 0.2) is 0 Å². The number of fused-ring (bicyclic) bond motifs is 1. The summed E-state index contributed by atoms with van der Waals surface area (Å²) in [6.07, 6.45) is 1.89. The molecule has 1 nitrogen and oxygen atoms in total. The fraction of sp³-hybridized carbons (Fsp3) is 0.100. The Balaban J connectivity index is 2.74. The van der Waals surface area contributed by atoms with E-state index in [9.17, 15) is 0 Å². The molecule has 1 aromatic carbocycles. The van der Waals surface area contributed by atoms with Crippen LogP contribution in [-0.4, -0.2) is 4.98 Å². The molecule has 13 heavy (non-hydrogen) atoms. The van der Waals surface area contributed by atoms with Crippen LogP contribution in [0.5, 0.6) is 0 Å². The highest BCUT2D eigenvalue weighted by atomic mass is 79.9. The van der Waals surface area contributed by atoms with Gasteiger partial charge in [-0.2, -0.15) is 0 Å². The summed E-state index contributed by atoms with van der Waals surface area (Å²) >= 11 is 6.92. The van der Waals surface area contributed by atoms with Crippen molar-refractivity contribution in [1.82, 2.24) is 4.98 Å². The fourth-order valence-electron chi connectivity index (χ4n) is 1.23. The first-order valence-electron chi connectivity index (χ1n) is 3.90. The molecule has 0 atom stereocenters. The fourth-order valence-corrected chi connectivity index (χ4v) is 2.01. The molecule has 0 N–H and O–H groups in total. The van der Waals surface area contributed by atoms with Crippen LogP contribution in [0.3, 0.4) is 0 Å². The molecule has 0 radical (unpaired) electrons. The highest BCUT2D eigenvalue weighted by Gasteiger charge is 1.99. The normalized spacial score (nSPS) is 10.6. The smallest absolute Gasteiger partial charge is 0.0713 e. The molecule has 0 aliphatic rings. The third-order valence-electron chi connectivity index (χ3n) is 1.88. The van der Waals surface area contributed by atoms with Crippen molar-refractivity contribution < 1.29 is 0 Å². The van der Waals surface area contributed by atoms with Crippen molar-refractivity contribution in [3.8, 4) is 0 Å². The maximum absolute atomic E-state index is 4.35. The number of nitrogens with zero attached hydrogens (tertiary/aromatic N) is 1. The Kier molecular flexibility index (Phi) is 2.65. The standard InChI is InChI=1S/C10H7Br2N/c11-5-7-4-8-9(12)2-1-3-10(8)13-6-7/h1-4,6H,5H2. The topological polar surface area (TPSA) is 12.9 Å². The zero-order valence-electron chi connectivity index (χ0n) is 6.80. The molecule has 0 saturated carbocycles. The van der Waals surface area contributed by atoms with Crippen LogP contribution in [0.1, 0.15) is 5.56 Å². The van der Waals surface area contributed by atoms with Crippen LogP contribution in [0.4, 0.5) is 0 Å². The average Bonchev–Trinajstić information content (AvgIpc) is 2.18. The van der Waals surface area contributed by atoms with E-state index < -0.39 is 0 Å². The second-order valence-corrected chi connectivity index (χ2v) is 4.20. The molecule has 2 aromatic rings. The molecule has 1 aromatic heterocycles. The SMILES string of the molecule is BrCc1cnc2cccc(Br)c2c1. The van der Waals surface area contributed by atoms with E-state index in [1.807, 2.05) is 24.4 Å². The second-order valence-electron chi connectivity index (χ2n) is 2.78. The molecule has 0 aliphatic heterocycles. The van der Waals surface area contributed by atoms with E-state index in [1.165, 1.54) is 10.9 Å². The molecule has 0 aliphatic carbocycles. The lowest BCUT2D eigenvalue weighted by molar-refractivity contribution is 1.32. The number of aromatic nitrogens is 1. The van der Waals surface area contributed by atoms with Gasteiger partial charge in [-0.05, 0) is 23.8 Å². The van der Waals surface area contributed by atoms with Gasteiger partial charge in [-0.15, -0.1) is 0 Å². The first kappa shape index (κ1) is 9.16. The van der Waals surface area contributed by atoms with Gasteiger partial charge in [0.05, 0.1) is 5.52 Å². The molecule has 3 heteroatoms. The van der Waals surface area contributed by atoms with Gasteiger partial charge in [-0.1, -0.05) is 37.9 Å². The number of pyridine rings is 1. The Bertz CT molecular complexity index is 440. The summed E-state index contributed by atoms with van der Waals surface area (Å²) < 4.78 is 1.10. The van der Waals surface area contributed by atoms with E-state index >= 15 is 0 Å². The van der Waals surface area contributed by atoms with E-state index in [0.29, 0.717) is 0 Å². The summed E-state index contributed by atoms with van der Waals surface area (Å²) in [6.45, 7) is 0. The van der Waals surface area contributed by atoms with Gasteiger partial charge in [0.2, 0.25) is 0 Å². The quantitative estimate of drug-likeness (QED) is 0.728. The Morgan fingerprint density at radius 3 is 2.92 bits per heavy atom. The highest BCUT2D eigenvalue weighted by Crippen LogP contribution is 2.23. The van der Waals surface area contributed by atoms with E-state index in [-0.39, 0.29) is 0 Å². The Hall–Kier alpha value is -0.410. The summed E-state index contributed by atoms with van der Waals surface area (Å²) in [5, 5.41) is 2.01. The number of halogens is 2. The molecule has 0 saturated heterocycles. The van der Waals surface area contributed by atoms with Crippen molar-refractivity contribution in [2.45, 2.75) is 5.33 Å². The van der Waals surface area contributed by atoms with Crippen molar-refractivity contribution in [3.63, 3.8) is 0 Å². The van der Waals surface area contributed by atoms with Crippen LogP contribution in [0, 0.1) is 0 Å². The van der Waals surface area contributed by atoms with Crippen molar-refractivity contribution in [2.75, 3.05) is 0 Å². The summed E-state index contributed by atoms with van der Waals surface area (Å²) in [6, 6.07) is 8.18. The summed E-state index contributed by atoms with van der Waals surface area (Å²) in [5.41, 5.74) is 2.22. The predicted molar refractivity (Wildman–Crippen MR) is 62.1 cm³/mol. The van der Waals surface area contributed by atoms with Crippen LogP contribution < -0.4 is 0 Å².